The van der Waals surface area contributed by atoms with E-state index in [1.165, 1.54) is 12.1 Å². The maximum absolute atomic E-state index is 12.1. The molecule has 0 heterocycles. The maximum Gasteiger partial charge on any atom is 0.422 e. The first-order valence-corrected chi connectivity index (χ1v) is 7.61. The summed E-state index contributed by atoms with van der Waals surface area (Å²) in [7, 11) is 0. The molecule has 0 aromatic heterocycles. The zero-order valence-corrected chi connectivity index (χ0v) is 13.5. The molecule has 1 N–H and O–H groups in total. The number of terminal acetylenes is 1. The van der Waals surface area contributed by atoms with E-state index in [0.29, 0.717) is 13.1 Å². The highest BCUT2D eigenvalue weighted by Crippen LogP contribution is 2.20. The molecular formula is C19H18F3NO2. The number of hydrogen-bond donors (Lipinski definition) is 1. The average Bonchev–Trinajstić information content (AvgIpc) is 2.59. The van der Waals surface area contributed by atoms with E-state index in [4.69, 9.17) is 11.2 Å². The fourth-order valence-corrected chi connectivity index (χ4v) is 2.12. The van der Waals surface area contributed by atoms with Gasteiger partial charge in [0.15, 0.2) is 6.61 Å². The molecule has 0 aliphatic carbocycles. The summed E-state index contributed by atoms with van der Waals surface area (Å²) >= 11 is 0. The zero-order chi connectivity index (χ0) is 18.1. The third-order valence-electron chi connectivity index (χ3n) is 3.25. The number of nitrogens with one attached hydrogen (secondary N) is 1. The molecule has 0 amide bonds. The third-order valence-corrected chi connectivity index (χ3v) is 3.25. The van der Waals surface area contributed by atoms with Crippen LogP contribution in [-0.2, 0) is 13.1 Å². The molecule has 25 heavy (non-hydrogen) atoms. The van der Waals surface area contributed by atoms with Crippen molar-refractivity contribution < 1.29 is 22.6 Å². The number of para-hydroxylation sites is 1. The zero-order valence-electron chi connectivity index (χ0n) is 13.5. The standard InChI is InChI=1S/C19H18F3NO2/c1-2-11-24-18-6-4-3-5-16(18)13-23-12-15-7-9-17(10-8-15)25-14-19(20,21)22/h1,3-10,23H,11-14H2. The van der Waals surface area contributed by atoms with Gasteiger partial charge in [0.2, 0.25) is 0 Å². The van der Waals surface area contributed by atoms with Crippen molar-refractivity contribution in [3.05, 3.63) is 59.7 Å². The van der Waals surface area contributed by atoms with E-state index < -0.39 is 12.8 Å². The molecule has 2 rings (SSSR count). The molecular weight excluding hydrogens is 331 g/mol. The van der Waals surface area contributed by atoms with E-state index in [1.54, 1.807) is 12.1 Å². The van der Waals surface area contributed by atoms with Crippen LogP contribution in [0.1, 0.15) is 11.1 Å². The second kappa shape index (κ2) is 9.00. The highest BCUT2D eigenvalue weighted by atomic mass is 19.4. The van der Waals surface area contributed by atoms with Gasteiger partial charge in [0, 0.05) is 18.7 Å². The molecule has 2 aromatic rings. The van der Waals surface area contributed by atoms with Crippen LogP contribution in [0.2, 0.25) is 0 Å². The number of alkyl halides is 3. The topological polar surface area (TPSA) is 30.5 Å². The monoisotopic (exact) mass is 349 g/mol. The van der Waals surface area contributed by atoms with Crippen molar-refractivity contribution in [2.24, 2.45) is 0 Å². The van der Waals surface area contributed by atoms with Gasteiger partial charge in [-0.1, -0.05) is 36.3 Å². The van der Waals surface area contributed by atoms with Crippen LogP contribution in [0.3, 0.4) is 0 Å². The predicted octanol–water partition coefficient (Wildman–Crippen LogP) is 3.93. The Kier molecular flexibility index (Phi) is 6.72. The van der Waals surface area contributed by atoms with E-state index in [9.17, 15) is 13.2 Å². The summed E-state index contributed by atoms with van der Waals surface area (Å²) in [6.45, 7) is 0.0472. The molecule has 3 nitrogen and oxygen atoms in total. The number of halogens is 3. The minimum absolute atomic E-state index is 0.189. The summed E-state index contributed by atoms with van der Waals surface area (Å²) in [6.07, 6.45) is 0.859. The van der Waals surface area contributed by atoms with Gasteiger partial charge in [0.05, 0.1) is 0 Å². The Morgan fingerprint density at radius 2 is 1.68 bits per heavy atom. The molecule has 0 aliphatic heterocycles. The molecule has 132 valence electrons. The lowest BCUT2D eigenvalue weighted by Gasteiger charge is -2.11. The molecule has 0 bridgehead atoms. The summed E-state index contributed by atoms with van der Waals surface area (Å²) in [6, 6.07) is 14.0. The number of hydrogen-bond acceptors (Lipinski definition) is 3. The molecule has 0 saturated heterocycles. The van der Waals surface area contributed by atoms with Gasteiger partial charge in [-0.2, -0.15) is 13.2 Å². The van der Waals surface area contributed by atoms with Gasteiger partial charge < -0.3 is 14.8 Å². The van der Waals surface area contributed by atoms with Crippen LogP contribution in [0.5, 0.6) is 11.5 Å². The van der Waals surface area contributed by atoms with Crippen LogP contribution in [0.4, 0.5) is 13.2 Å². The SMILES string of the molecule is C#CCOc1ccccc1CNCc1ccc(OCC(F)(F)F)cc1. The van der Waals surface area contributed by atoms with E-state index >= 15 is 0 Å². The predicted molar refractivity (Wildman–Crippen MR) is 89.3 cm³/mol. The Morgan fingerprint density at radius 1 is 0.960 bits per heavy atom. The molecule has 0 radical (unpaired) electrons. The Balaban J connectivity index is 1.83. The molecule has 6 heteroatoms. The first-order valence-electron chi connectivity index (χ1n) is 7.61. The van der Waals surface area contributed by atoms with Crippen LogP contribution in [-0.4, -0.2) is 19.4 Å². The van der Waals surface area contributed by atoms with Crippen molar-refractivity contribution in [3.8, 4) is 23.8 Å². The van der Waals surface area contributed by atoms with E-state index in [-0.39, 0.29) is 12.4 Å². The van der Waals surface area contributed by atoms with Crippen LogP contribution in [0.25, 0.3) is 0 Å². The second-order valence-electron chi connectivity index (χ2n) is 5.25. The lowest BCUT2D eigenvalue weighted by molar-refractivity contribution is -0.153. The molecule has 0 spiro atoms. The smallest absolute Gasteiger partial charge is 0.422 e. The van der Waals surface area contributed by atoms with Gasteiger partial charge in [-0.05, 0) is 23.8 Å². The van der Waals surface area contributed by atoms with Crippen molar-refractivity contribution in [2.75, 3.05) is 13.2 Å². The summed E-state index contributed by atoms with van der Waals surface area (Å²) in [5.74, 6) is 3.34. The highest BCUT2D eigenvalue weighted by Gasteiger charge is 2.28. The van der Waals surface area contributed by atoms with Gasteiger partial charge in [0.25, 0.3) is 0 Å². The van der Waals surface area contributed by atoms with Gasteiger partial charge >= 0.3 is 6.18 Å². The minimum atomic E-state index is -4.34. The minimum Gasteiger partial charge on any atom is -0.484 e. The Hall–Kier alpha value is -2.65. The summed E-state index contributed by atoms with van der Waals surface area (Å²) < 4.78 is 46.5. The van der Waals surface area contributed by atoms with Crippen LogP contribution in [0, 0.1) is 12.3 Å². The van der Waals surface area contributed by atoms with E-state index in [2.05, 4.69) is 16.0 Å². The van der Waals surface area contributed by atoms with Crippen molar-refractivity contribution >= 4 is 0 Å². The molecule has 0 unspecified atom stereocenters. The Bertz CT molecular complexity index is 706. The molecule has 0 fully saturated rings. The van der Waals surface area contributed by atoms with Crippen molar-refractivity contribution in [2.45, 2.75) is 19.3 Å². The van der Waals surface area contributed by atoms with Crippen LogP contribution in [0.15, 0.2) is 48.5 Å². The fraction of sp³-hybridized carbons (Fsp3) is 0.263. The lowest BCUT2D eigenvalue weighted by atomic mass is 10.2. The average molecular weight is 349 g/mol. The van der Waals surface area contributed by atoms with Crippen molar-refractivity contribution in [3.63, 3.8) is 0 Å². The number of ether oxygens (including phenoxy) is 2. The summed E-state index contributed by atoms with van der Waals surface area (Å²) in [5.41, 5.74) is 1.91. The van der Waals surface area contributed by atoms with Gasteiger partial charge in [-0.3, -0.25) is 0 Å². The maximum atomic E-state index is 12.1. The number of rotatable bonds is 8. The van der Waals surface area contributed by atoms with Crippen LogP contribution >= 0.6 is 0 Å². The molecule has 0 aliphatic rings. The second-order valence-corrected chi connectivity index (χ2v) is 5.25. The lowest BCUT2D eigenvalue weighted by Crippen LogP contribution is -2.19. The van der Waals surface area contributed by atoms with Gasteiger partial charge in [0.1, 0.15) is 18.1 Å². The first kappa shape index (κ1) is 18.7. The highest BCUT2D eigenvalue weighted by molar-refractivity contribution is 5.33. The molecule has 0 atom stereocenters. The summed E-state index contributed by atoms with van der Waals surface area (Å²) in [5, 5.41) is 3.26. The van der Waals surface area contributed by atoms with E-state index in [0.717, 1.165) is 16.9 Å². The van der Waals surface area contributed by atoms with Crippen molar-refractivity contribution in [1.29, 1.82) is 0 Å². The quantitative estimate of drug-likeness (QED) is 0.733. The van der Waals surface area contributed by atoms with Crippen molar-refractivity contribution in [1.82, 2.24) is 5.32 Å². The molecule has 0 saturated carbocycles. The molecule has 2 aromatic carbocycles. The number of benzene rings is 2. The van der Waals surface area contributed by atoms with Gasteiger partial charge in [-0.25, -0.2) is 0 Å². The normalized spacial score (nSPS) is 11.0. The Morgan fingerprint density at radius 3 is 2.36 bits per heavy atom. The van der Waals surface area contributed by atoms with Gasteiger partial charge in [-0.15, -0.1) is 6.42 Å². The van der Waals surface area contributed by atoms with E-state index in [1.807, 2.05) is 24.3 Å². The Labute approximate surface area is 144 Å². The first-order chi connectivity index (χ1) is 12.0. The fourth-order valence-electron chi connectivity index (χ4n) is 2.12. The van der Waals surface area contributed by atoms with Crippen LogP contribution < -0.4 is 14.8 Å². The third kappa shape index (κ3) is 6.77. The summed E-state index contributed by atoms with van der Waals surface area (Å²) in [4.78, 5) is 0. The largest absolute Gasteiger partial charge is 0.484 e.